The molecule has 9 atom stereocenters. The Bertz CT molecular complexity index is 606. The van der Waals surface area contributed by atoms with Crippen molar-refractivity contribution in [2.24, 2.45) is 17.3 Å². The van der Waals surface area contributed by atoms with Crippen LogP contribution in [0, 0.1) is 17.3 Å². The summed E-state index contributed by atoms with van der Waals surface area (Å²) < 4.78 is 11.7. The van der Waals surface area contributed by atoms with Crippen molar-refractivity contribution in [2.75, 3.05) is 19.7 Å². The SMILES string of the molecule is CC1C(OC2OC(CO)C(O)C(O)C2O)C(C)(O)C2CCNCCC=C2C1(C)C. The summed E-state index contributed by atoms with van der Waals surface area (Å²) in [6.07, 6.45) is -3.55. The fourth-order valence-corrected chi connectivity index (χ4v) is 5.24. The molecule has 9 unspecified atom stereocenters. The van der Waals surface area contributed by atoms with Crippen LogP contribution in [-0.2, 0) is 9.47 Å². The number of aliphatic hydroxyl groups excluding tert-OH is 4. The lowest BCUT2D eigenvalue weighted by Gasteiger charge is -2.57. The molecule has 0 amide bonds. The van der Waals surface area contributed by atoms with Crippen molar-refractivity contribution in [3.63, 3.8) is 0 Å². The minimum atomic E-state index is -1.51. The van der Waals surface area contributed by atoms with E-state index in [-0.39, 0.29) is 17.3 Å². The van der Waals surface area contributed by atoms with Crippen LogP contribution in [0.4, 0.5) is 0 Å². The van der Waals surface area contributed by atoms with E-state index in [4.69, 9.17) is 9.47 Å². The van der Waals surface area contributed by atoms with Gasteiger partial charge in [0.1, 0.15) is 24.4 Å². The van der Waals surface area contributed by atoms with Crippen LogP contribution in [-0.4, -0.2) is 87.6 Å². The standard InChI is InChI=1S/C21H37NO7/c1-11-18(29-19-17(26)16(25)15(24)14(10-23)28-19)21(4,27)13-7-9-22-8-5-6-12(13)20(11,2)3/h6,11,13-19,22-27H,5,7-10H2,1-4H3. The second kappa shape index (κ2) is 8.51. The monoisotopic (exact) mass is 415 g/mol. The third-order valence-electron chi connectivity index (χ3n) is 7.42. The lowest BCUT2D eigenvalue weighted by atomic mass is 9.54. The molecule has 3 rings (SSSR count). The Morgan fingerprint density at radius 3 is 2.48 bits per heavy atom. The van der Waals surface area contributed by atoms with Gasteiger partial charge in [-0.15, -0.1) is 0 Å². The zero-order valence-corrected chi connectivity index (χ0v) is 17.8. The predicted molar refractivity (Wildman–Crippen MR) is 106 cm³/mol. The molecular formula is C21H37NO7. The second-order valence-electron chi connectivity index (χ2n) is 9.53. The van der Waals surface area contributed by atoms with Crippen molar-refractivity contribution in [1.82, 2.24) is 5.32 Å². The van der Waals surface area contributed by atoms with Gasteiger partial charge in [-0.2, -0.15) is 0 Å². The first-order valence-electron chi connectivity index (χ1n) is 10.6. The molecule has 2 aliphatic heterocycles. The summed E-state index contributed by atoms with van der Waals surface area (Å²) in [5.74, 6) is -0.240. The van der Waals surface area contributed by atoms with E-state index in [2.05, 4.69) is 25.2 Å². The molecule has 0 aromatic rings. The van der Waals surface area contributed by atoms with Crippen molar-refractivity contribution >= 4 is 0 Å². The first-order valence-corrected chi connectivity index (χ1v) is 10.6. The number of aliphatic hydroxyl groups is 5. The molecule has 29 heavy (non-hydrogen) atoms. The van der Waals surface area contributed by atoms with E-state index in [0.29, 0.717) is 0 Å². The van der Waals surface area contributed by atoms with Crippen LogP contribution in [0.1, 0.15) is 40.5 Å². The lowest BCUT2D eigenvalue weighted by Crippen LogP contribution is -2.65. The lowest BCUT2D eigenvalue weighted by molar-refractivity contribution is -0.335. The van der Waals surface area contributed by atoms with Crippen LogP contribution in [0.25, 0.3) is 0 Å². The van der Waals surface area contributed by atoms with Crippen LogP contribution < -0.4 is 5.32 Å². The summed E-state index contributed by atoms with van der Waals surface area (Å²) in [5, 5.41) is 55.0. The smallest absolute Gasteiger partial charge is 0.187 e. The number of nitrogens with one attached hydrogen (secondary N) is 1. The fourth-order valence-electron chi connectivity index (χ4n) is 5.24. The van der Waals surface area contributed by atoms with E-state index >= 15 is 0 Å². The number of fused-ring (bicyclic) bond motifs is 1. The molecule has 1 aliphatic carbocycles. The van der Waals surface area contributed by atoms with Gasteiger partial charge in [-0.1, -0.05) is 32.4 Å². The first kappa shape index (κ1) is 23.1. The molecule has 0 spiro atoms. The van der Waals surface area contributed by atoms with Gasteiger partial charge in [0.05, 0.1) is 18.3 Å². The van der Waals surface area contributed by atoms with E-state index in [1.54, 1.807) is 6.92 Å². The third kappa shape index (κ3) is 4.02. The van der Waals surface area contributed by atoms with Crippen molar-refractivity contribution < 1.29 is 35.0 Å². The first-order chi connectivity index (χ1) is 13.5. The van der Waals surface area contributed by atoms with Gasteiger partial charge in [0.2, 0.25) is 0 Å². The van der Waals surface area contributed by atoms with Gasteiger partial charge in [-0.05, 0) is 44.2 Å². The fraction of sp³-hybridized carbons (Fsp3) is 0.905. The summed E-state index contributed by atoms with van der Waals surface area (Å²) in [6, 6.07) is 0. The molecule has 0 bridgehead atoms. The van der Waals surface area contributed by atoms with E-state index in [1.807, 2.05) is 6.92 Å². The molecule has 168 valence electrons. The third-order valence-corrected chi connectivity index (χ3v) is 7.42. The molecule has 2 fully saturated rings. The van der Waals surface area contributed by atoms with Crippen LogP contribution in [0.2, 0.25) is 0 Å². The maximum Gasteiger partial charge on any atom is 0.187 e. The Hall–Kier alpha value is -0.580. The van der Waals surface area contributed by atoms with E-state index in [9.17, 15) is 25.5 Å². The molecule has 0 aromatic heterocycles. The Balaban J connectivity index is 1.91. The Labute approximate surface area is 172 Å². The highest BCUT2D eigenvalue weighted by Gasteiger charge is 2.57. The molecule has 2 heterocycles. The van der Waals surface area contributed by atoms with Crippen molar-refractivity contribution in [2.45, 2.75) is 82.9 Å². The van der Waals surface area contributed by atoms with Crippen LogP contribution in [0.3, 0.4) is 0 Å². The van der Waals surface area contributed by atoms with Crippen molar-refractivity contribution in [3.8, 4) is 0 Å². The van der Waals surface area contributed by atoms with Crippen LogP contribution >= 0.6 is 0 Å². The average Bonchev–Trinajstić information content (AvgIpc) is 2.63. The summed E-state index contributed by atoms with van der Waals surface area (Å²) in [7, 11) is 0. The zero-order chi connectivity index (χ0) is 21.6. The summed E-state index contributed by atoms with van der Waals surface area (Å²) >= 11 is 0. The zero-order valence-electron chi connectivity index (χ0n) is 17.8. The summed E-state index contributed by atoms with van der Waals surface area (Å²) in [5.41, 5.74) is -0.244. The highest BCUT2D eigenvalue weighted by Crippen LogP contribution is 2.54. The number of ether oxygens (including phenoxy) is 2. The normalized spacial score (nSPS) is 48.2. The topological polar surface area (TPSA) is 132 Å². The Kier molecular flexibility index (Phi) is 6.78. The maximum absolute atomic E-state index is 11.6. The molecular weight excluding hydrogens is 378 g/mol. The van der Waals surface area contributed by atoms with Gasteiger partial charge in [0, 0.05) is 5.92 Å². The Morgan fingerprint density at radius 1 is 1.14 bits per heavy atom. The average molecular weight is 416 g/mol. The van der Waals surface area contributed by atoms with Gasteiger partial charge in [-0.25, -0.2) is 0 Å². The molecule has 0 radical (unpaired) electrons. The number of rotatable bonds is 3. The van der Waals surface area contributed by atoms with Gasteiger partial charge >= 0.3 is 0 Å². The summed E-state index contributed by atoms with van der Waals surface area (Å²) in [6.45, 7) is 9.23. The van der Waals surface area contributed by atoms with Crippen LogP contribution in [0.15, 0.2) is 11.6 Å². The Morgan fingerprint density at radius 2 is 1.83 bits per heavy atom. The van der Waals surface area contributed by atoms with Crippen molar-refractivity contribution in [1.29, 1.82) is 0 Å². The molecule has 8 nitrogen and oxygen atoms in total. The molecule has 1 saturated heterocycles. The van der Waals surface area contributed by atoms with Gasteiger partial charge in [0.25, 0.3) is 0 Å². The second-order valence-corrected chi connectivity index (χ2v) is 9.53. The van der Waals surface area contributed by atoms with E-state index < -0.39 is 49.0 Å². The van der Waals surface area contributed by atoms with Gasteiger partial charge in [-0.3, -0.25) is 0 Å². The number of hydrogen-bond acceptors (Lipinski definition) is 8. The van der Waals surface area contributed by atoms with Crippen LogP contribution in [0.5, 0.6) is 0 Å². The quantitative estimate of drug-likeness (QED) is 0.341. The maximum atomic E-state index is 11.6. The molecule has 6 N–H and O–H groups in total. The molecule has 1 saturated carbocycles. The van der Waals surface area contributed by atoms with Crippen molar-refractivity contribution in [3.05, 3.63) is 11.6 Å². The highest BCUT2D eigenvalue weighted by atomic mass is 16.7. The van der Waals surface area contributed by atoms with E-state index in [1.165, 1.54) is 5.57 Å². The highest BCUT2D eigenvalue weighted by molar-refractivity contribution is 5.27. The summed E-state index contributed by atoms with van der Waals surface area (Å²) in [4.78, 5) is 0. The molecule has 3 aliphatic rings. The minimum absolute atomic E-state index is 0.111. The number of hydrogen-bond donors (Lipinski definition) is 6. The molecule has 8 heteroatoms. The van der Waals surface area contributed by atoms with E-state index in [0.717, 1.165) is 25.9 Å². The van der Waals surface area contributed by atoms with Gasteiger partial charge < -0.3 is 40.3 Å². The molecule has 0 aromatic carbocycles. The minimum Gasteiger partial charge on any atom is -0.394 e. The van der Waals surface area contributed by atoms with Gasteiger partial charge in [0.15, 0.2) is 6.29 Å². The predicted octanol–water partition coefficient (Wildman–Crippen LogP) is -0.476. The largest absolute Gasteiger partial charge is 0.394 e.